The minimum atomic E-state index is -0.658. The van der Waals surface area contributed by atoms with Gasteiger partial charge in [-0.2, -0.15) is 0 Å². The standard InChI is InChI=1S/C21H30N2O4/c1-11-15(18(25)27-8)16(23-19(26)22-11)12-9-13(20(2,3)4)17(24)14(10-12)21(5,6)7/h9-10,16,24H,1-8H3,(H2,22,23,26)/t16-/m0/s1. The fraction of sp³-hybridized carbons (Fsp3) is 0.524. The summed E-state index contributed by atoms with van der Waals surface area (Å²) in [5.41, 5.74) is 2.43. The predicted octanol–water partition coefficient (Wildman–Crippen LogP) is 3.79. The van der Waals surface area contributed by atoms with Gasteiger partial charge in [0.2, 0.25) is 0 Å². The molecule has 0 fully saturated rings. The van der Waals surface area contributed by atoms with Crippen molar-refractivity contribution in [3.63, 3.8) is 0 Å². The van der Waals surface area contributed by atoms with E-state index in [9.17, 15) is 14.7 Å². The fourth-order valence-corrected chi connectivity index (χ4v) is 3.29. The van der Waals surface area contributed by atoms with E-state index in [4.69, 9.17) is 4.74 Å². The summed E-state index contributed by atoms with van der Waals surface area (Å²) in [6.45, 7) is 13.8. The minimum absolute atomic E-state index is 0.249. The van der Waals surface area contributed by atoms with Crippen molar-refractivity contribution in [2.24, 2.45) is 0 Å². The van der Waals surface area contributed by atoms with E-state index < -0.39 is 12.0 Å². The molecule has 0 spiro atoms. The highest BCUT2D eigenvalue weighted by molar-refractivity contribution is 5.95. The summed E-state index contributed by atoms with van der Waals surface area (Å²) < 4.78 is 4.93. The molecule has 6 heteroatoms. The van der Waals surface area contributed by atoms with Gasteiger partial charge in [0.05, 0.1) is 18.7 Å². The normalized spacial score (nSPS) is 18.1. The number of benzene rings is 1. The molecule has 6 nitrogen and oxygen atoms in total. The number of carbonyl (C=O) groups excluding carboxylic acids is 2. The number of phenols is 1. The van der Waals surface area contributed by atoms with Crippen LogP contribution in [0.5, 0.6) is 5.75 Å². The predicted molar refractivity (Wildman–Crippen MR) is 105 cm³/mol. The van der Waals surface area contributed by atoms with Crippen molar-refractivity contribution < 1.29 is 19.4 Å². The van der Waals surface area contributed by atoms with E-state index in [1.54, 1.807) is 6.92 Å². The first-order chi connectivity index (χ1) is 12.3. The zero-order chi connectivity index (χ0) is 20.7. The number of rotatable bonds is 2. The Morgan fingerprint density at radius 2 is 1.56 bits per heavy atom. The van der Waals surface area contributed by atoms with Gasteiger partial charge in [-0.1, -0.05) is 41.5 Å². The molecule has 0 aromatic heterocycles. The second-order valence-electron chi connectivity index (χ2n) is 9.03. The van der Waals surface area contributed by atoms with Gasteiger partial charge in [-0.15, -0.1) is 0 Å². The molecule has 1 heterocycles. The molecule has 148 valence electrons. The largest absolute Gasteiger partial charge is 0.507 e. The maximum Gasteiger partial charge on any atom is 0.337 e. The summed E-state index contributed by atoms with van der Waals surface area (Å²) in [6.07, 6.45) is 0. The van der Waals surface area contributed by atoms with Gasteiger partial charge in [-0.05, 0) is 46.6 Å². The molecule has 1 aliphatic rings. The molecule has 2 amide bonds. The molecule has 2 rings (SSSR count). The average molecular weight is 374 g/mol. The van der Waals surface area contributed by atoms with Crippen LogP contribution in [0.3, 0.4) is 0 Å². The second-order valence-corrected chi connectivity index (χ2v) is 9.03. The smallest absolute Gasteiger partial charge is 0.337 e. The lowest BCUT2D eigenvalue weighted by molar-refractivity contribution is -0.136. The average Bonchev–Trinajstić information content (AvgIpc) is 2.51. The van der Waals surface area contributed by atoms with Crippen LogP contribution in [0.25, 0.3) is 0 Å². The highest BCUT2D eigenvalue weighted by Gasteiger charge is 2.35. The van der Waals surface area contributed by atoms with E-state index in [1.165, 1.54) is 7.11 Å². The molecule has 1 aromatic rings. The minimum Gasteiger partial charge on any atom is -0.507 e. The molecular weight excluding hydrogens is 344 g/mol. The molecule has 0 aliphatic carbocycles. The summed E-state index contributed by atoms with van der Waals surface area (Å²) in [4.78, 5) is 24.5. The number of aromatic hydroxyl groups is 1. The lowest BCUT2D eigenvalue weighted by Crippen LogP contribution is -2.45. The van der Waals surface area contributed by atoms with Crippen LogP contribution in [-0.2, 0) is 20.4 Å². The maximum absolute atomic E-state index is 12.4. The van der Waals surface area contributed by atoms with Crippen molar-refractivity contribution in [2.75, 3.05) is 7.11 Å². The summed E-state index contributed by atoms with van der Waals surface area (Å²) in [6, 6.07) is 2.68. The monoisotopic (exact) mass is 374 g/mol. The van der Waals surface area contributed by atoms with Gasteiger partial charge < -0.3 is 20.5 Å². The Morgan fingerprint density at radius 3 is 1.96 bits per heavy atom. The molecule has 0 saturated carbocycles. The van der Waals surface area contributed by atoms with E-state index in [1.807, 2.05) is 53.7 Å². The molecule has 27 heavy (non-hydrogen) atoms. The number of carbonyl (C=O) groups is 2. The van der Waals surface area contributed by atoms with E-state index in [0.29, 0.717) is 11.3 Å². The van der Waals surface area contributed by atoms with Crippen molar-refractivity contribution in [2.45, 2.75) is 65.3 Å². The number of hydrogen-bond acceptors (Lipinski definition) is 4. The van der Waals surface area contributed by atoms with Crippen LogP contribution in [0.2, 0.25) is 0 Å². The van der Waals surface area contributed by atoms with E-state index in [0.717, 1.165) is 16.7 Å². The van der Waals surface area contributed by atoms with Gasteiger partial charge in [-0.25, -0.2) is 9.59 Å². The van der Waals surface area contributed by atoms with Crippen molar-refractivity contribution in [3.8, 4) is 5.75 Å². The molecule has 0 bridgehead atoms. The maximum atomic E-state index is 12.4. The summed E-state index contributed by atoms with van der Waals surface area (Å²) in [7, 11) is 1.31. The molecule has 1 aromatic carbocycles. The van der Waals surface area contributed by atoms with Crippen LogP contribution in [0.4, 0.5) is 4.79 Å². The SMILES string of the molecule is COC(=O)C1=C(C)NC(=O)N[C@H]1c1cc(C(C)(C)C)c(O)c(C(C)(C)C)c1. The Hall–Kier alpha value is -2.50. The van der Waals surface area contributed by atoms with E-state index in [2.05, 4.69) is 10.6 Å². The lowest BCUT2D eigenvalue weighted by Gasteiger charge is -2.32. The summed E-state index contributed by atoms with van der Waals surface area (Å²) in [5, 5.41) is 16.3. The molecule has 3 N–H and O–H groups in total. The van der Waals surface area contributed by atoms with Crippen molar-refractivity contribution in [1.29, 1.82) is 0 Å². The Labute approximate surface area is 161 Å². The third kappa shape index (κ3) is 4.10. The van der Waals surface area contributed by atoms with E-state index >= 15 is 0 Å². The van der Waals surface area contributed by atoms with E-state index in [-0.39, 0.29) is 22.6 Å². The first-order valence-corrected chi connectivity index (χ1v) is 9.01. The number of hydrogen-bond donors (Lipinski definition) is 3. The lowest BCUT2D eigenvalue weighted by atomic mass is 9.77. The molecule has 1 atom stereocenters. The highest BCUT2D eigenvalue weighted by Crippen LogP contribution is 2.42. The first kappa shape index (κ1) is 20.8. The number of phenolic OH excluding ortho intramolecular Hbond substituents is 1. The van der Waals surface area contributed by atoms with Crippen LogP contribution in [0.15, 0.2) is 23.4 Å². The number of nitrogens with one attached hydrogen (secondary N) is 2. The first-order valence-electron chi connectivity index (χ1n) is 9.01. The Kier molecular flexibility index (Phi) is 5.32. The Bertz CT molecular complexity index is 775. The topological polar surface area (TPSA) is 87.7 Å². The van der Waals surface area contributed by atoms with Crippen molar-refractivity contribution in [1.82, 2.24) is 10.6 Å². The molecule has 0 saturated heterocycles. The summed E-state index contributed by atoms with van der Waals surface area (Å²) in [5.74, 6) is -0.257. The van der Waals surface area contributed by atoms with Gasteiger partial charge in [0.15, 0.2) is 0 Å². The van der Waals surface area contributed by atoms with Crippen LogP contribution in [0, 0.1) is 0 Å². The third-order valence-electron chi connectivity index (χ3n) is 4.76. The fourth-order valence-electron chi connectivity index (χ4n) is 3.29. The number of methoxy groups -OCH3 is 1. The molecule has 0 unspecified atom stereocenters. The number of amides is 2. The second kappa shape index (κ2) is 6.91. The number of allylic oxidation sites excluding steroid dienone is 1. The van der Waals surface area contributed by atoms with Crippen LogP contribution in [-0.4, -0.2) is 24.2 Å². The Balaban J connectivity index is 2.78. The van der Waals surface area contributed by atoms with Crippen LogP contribution in [0.1, 0.15) is 71.2 Å². The number of esters is 1. The van der Waals surface area contributed by atoms with Crippen LogP contribution < -0.4 is 10.6 Å². The van der Waals surface area contributed by atoms with Crippen molar-refractivity contribution >= 4 is 12.0 Å². The van der Waals surface area contributed by atoms with Gasteiger partial charge in [-0.3, -0.25) is 0 Å². The third-order valence-corrected chi connectivity index (χ3v) is 4.76. The number of ether oxygens (including phenoxy) is 1. The molecular formula is C21H30N2O4. The van der Waals surface area contributed by atoms with Gasteiger partial charge in [0.1, 0.15) is 5.75 Å². The van der Waals surface area contributed by atoms with Crippen molar-refractivity contribution in [3.05, 3.63) is 40.1 Å². The van der Waals surface area contributed by atoms with Crippen LogP contribution >= 0.6 is 0 Å². The van der Waals surface area contributed by atoms with Gasteiger partial charge >= 0.3 is 12.0 Å². The van der Waals surface area contributed by atoms with Gasteiger partial charge in [0.25, 0.3) is 0 Å². The zero-order valence-corrected chi connectivity index (χ0v) is 17.4. The quantitative estimate of drug-likeness (QED) is 0.687. The summed E-state index contributed by atoms with van der Waals surface area (Å²) >= 11 is 0. The van der Waals surface area contributed by atoms with Gasteiger partial charge in [0, 0.05) is 5.70 Å². The molecule has 1 aliphatic heterocycles. The number of urea groups is 1. The molecule has 0 radical (unpaired) electrons. The Morgan fingerprint density at radius 1 is 1.07 bits per heavy atom. The zero-order valence-electron chi connectivity index (χ0n) is 17.4. The highest BCUT2D eigenvalue weighted by atomic mass is 16.5.